The Balaban J connectivity index is 1.49. The molecule has 1 N–H and O–H groups in total. The molecule has 2 nitrogen and oxygen atoms in total. The Bertz CT molecular complexity index is 1910. The second-order valence-corrected chi connectivity index (χ2v) is 12.6. The number of aromatic nitrogens is 1. The van der Waals surface area contributed by atoms with Gasteiger partial charge in [-0.2, -0.15) is 0 Å². The first-order valence-electron chi connectivity index (χ1n) is 14.4. The summed E-state index contributed by atoms with van der Waals surface area (Å²) in [6.07, 6.45) is 2.73. The fraction of sp³-hybridized carbons (Fsp3) is 0.0513. The van der Waals surface area contributed by atoms with Gasteiger partial charge in [0.1, 0.15) is 0 Å². The van der Waals surface area contributed by atoms with E-state index in [1.165, 1.54) is 48.6 Å². The van der Waals surface area contributed by atoms with Crippen molar-refractivity contribution in [2.45, 2.75) is 6.42 Å². The summed E-state index contributed by atoms with van der Waals surface area (Å²) in [5.74, 6) is 0. The van der Waals surface area contributed by atoms with E-state index in [1.807, 2.05) is 12.3 Å². The predicted octanol–water partition coefficient (Wildman–Crippen LogP) is 8.47. The van der Waals surface area contributed by atoms with Crippen LogP contribution in [0.2, 0.25) is 0 Å². The zero-order valence-corrected chi connectivity index (χ0v) is 24.2. The van der Waals surface area contributed by atoms with Gasteiger partial charge in [0.2, 0.25) is 0 Å². The lowest BCUT2D eigenvalue weighted by atomic mass is 9.92. The summed E-state index contributed by atoms with van der Waals surface area (Å²) in [7, 11) is -0.818. The Hall–Kier alpha value is -4.78. The number of nitrogens with zero attached hydrogens (tertiary/aromatic N) is 1. The molecule has 42 heavy (non-hydrogen) atoms. The summed E-state index contributed by atoms with van der Waals surface area (Å²) in [4.78, 5) is 4.55. The highest BCUT2D eigenvalue weighted by molar-refractivity contribution is 7.80. The van der Waals surface area contributed by atoms with Gasteiger partial charge in [0.05, 0.1) is 0 Å². The zero-order chi connectivity index (χ0) is 28.1. The molecular formula is C39H31N2P. The molecular weight excluding hydrogens is 527 g/mol. The van der Waals surface area contributed by atoms with E-state index in [0.29, 0.717) is 0 Å². The van der Waals surface area contributed by atoms with Gasteiger partial charge < -0.3 is 5.32 Å². The third-order valence-electron chi connectivity index (χ3n) is 7.78. The van der Waals surface area contributed by atoms with E-state index >= 15 is 0 Å². The van der Waals surface area contributed by atoms with Gasteiger partial charge in [0.25, 0.3) is 0 Å². The highest BCUT2D eigenvalue weighted by atomic mass is 31.1. The number of hydrogen-bond acceptors (Lipinski definition) is 2. The largest absolute Gasteiger partial charge is 0.384 e. The molecule has 0 aliphatic heterocycles. The minimum atomic E-state index is -0.818. The Labute approximate surface area is 248 Å². The van der Waals surface area contributed by atoms with Crippen molar-refractivity contribution in [3.63, 3.8) is 0 Å². The fourth-order valence-corrected chi connectivity index (χ4v) is 8.32. The monoisotopic (exact) mass is 558 g/mol. The first kappa shape index (κ1) is 26.1. The molecule has 0 amide bonds. The van der Waals surface area contributed by atoms with Crippen molar-refractivity contribution in [1.82, 2.24) is 4.98 Å². The van der Waals surface area contributed by atoms with Gasteiger partial charge in [0, 0.05) is 41.7 Å². The first-order chi connectivity index (χ1) is 20.9. The second-order valence-electron chi connectivity index (χ2n) is 10.4. The molecule has 3 heteroatoms. The molecule has 0 unspecified atom stereocenters. The Morgan fingerprint density at radius 3 is 1.71 bits per heavy atom. The number of rotatable bonds is 8. The molecule has 1 heterocycles. The topological polar surface area (TPSA) is 24.9 Å². The van der Waals surface area contributed by atoms with E-state index in [1.54, 1.807) is 0 Å². The molecule has 0 aliphatic rings. The van der Waals surface area contributed by atoms with E-state index < -0.39 is 7.92 Å². The van der Waals surface area contributed by atoms with Crippen molar-refractivity contribution < 1.29 is 0 Å². The smallest absolute Gasteiger partial charge is 0.0426 e. The molecule has 6 aromatic carbocycles. The van der Waals surface area contributed by atoms with E-state index in [9.17, 15) is 0 Å². The maximum atomic E-state index is 4.55. The minimum Gasteiger partial charge on any atom is -0.384 e. The molecule has 0 aliphatic carbocycles. The van der Waals surface area contributed by atoms with Crippen LogP contribution in [0.3, 0.4) is 0 Å². The molecule has 202 valence electrons. The SMILES string of the molecule is c1ccc(P(c2ccccc2)c2ccc3ccccc3c2-c2c(NCCc3ccccn3)ccc3ccccc23)cc1. The molecule has 0 spiro atoms. The number of fused-ring (bicyclic) bond motifs is 2. The molecule has 7 aromatic rings. The molecule has 0 atom stereocenters. The third-order valence-corrected chi connectivity index (χ3v) is 10.3. The normalized spacial score (nSPS) is 11.3. The van der Waals surface area contributed by atoms with Crippen LogP contribution < -0.4 is 21.2 Å². The van der Waals surface area contributed by atoms with Crippen LogP contribution in [-0.2, 0) is 6.42 Å². The van der Waals surface area contributed by atoms with E-state index in [4.69, 9.17) is 0 Å². The van der Waals surface area contributed by atoms with Crippen LogP contribution >= 0.6 is 7.92 Å². The standard InChI is InChI=1S/C39H31N2P/c1-3-16-32(17-4-1)42(33-18-5-2-6-19-33)37-25-23-30-14-8-10-21-35(30)39(37)38-34-20-9-7-13-29(34)22-24-36(38)41-28-26-31-15-11-12-27-40-31/h1-25,27,41H,26,28H2. The molecule has 0 radical (unpaired) electrons. The molecule has 0 bridgehead atoms. The van der Waals surface area contributed by atoms with Crippen LogP contribution in [0.4, 0.5) is 5.69 Å². The quantitative estimate of drug-likeness (QED) is 0.189. The first-order valence-corrected chi connectivity index (χ1v) is 15.8. The van der Waals surface area contributed by atoms with Gasteiger partial charge in [-0.25, -0.2) is 0 Å². The van der Waals surface area contributed by atoms with Gasteiger partial charge in [0.15, 0.2) is 0 Å². The van der Waals surface area contributed by atoms with E-state index in [0.717, 1.165) is 24.3 Å². The zero-order valence-electron chi connectivity index (χ0n) is 23.3. The maximum Gasteiger partial charge on any atom is 0.0426 e. The van der Waals surface area contributed by atoms with Gasteiger partial charge in [-0.3, -0.25) is 4.98 Å². The summed E-state index contributed by atoms with van der Waals surface area (Å²) in [6, 6.07) is 54.9. The minimum absolute atomic E-state index is 0.800. The van der Waals surface area contributed by atoms with E-state index in [-0.39, 0.29) is 0 Å². The van der Waals surface area contributed by atoms with Gasteiger partial charge >= 0.3 is 0 Å². The fourth-order valence-electron chi connectivity index (χ4n) is 5.85. The summed E-state index contributed by atoms with van der Waals surface area (Å²) in [6.45, 7) is 0.800. The number of hydrogen-bond donors (Lipinski definition) is 1. The highest BCUT2D eigenvalue weighted by Crippen LogP contribution is 2.44. The van der Waals surface area contributed by atoms with Crippen LogP contribution in [-0.4, -0.2) is 11.5 Å². The van der Waals surface area contributed by atoms with E-state index in [2.05, 4.69) is 156 Å². The lowest BCUT2D eigenvalue weighted by Crippen LogP contribution is -2.22. The van der Waals surface area contributed by atoms with Crippen molar-refractivity contribution in [1.29, 1.82) is 0 Å². The van der Waals surface area contributed by atoms with Crippen LogP contribution in [0, 0.1) is 0 Å². The van der Waals surface area contributed by atoms with Crippen LogP contribution in [0.1, 0.15) is 5.69 Å². The molecule has 1 aromatic heterocycles. The van der Waals surface area contributed by atoms with Crippen molar-refractivity contribution in [3.8, 4) is 11.1 Å². The van der Waals surface area contributed by atoms with Crippen molar-refractivity contribution >= 4 is 51.1 Å². The Kier molecular flexibility index (Phi) is 7.46. The maximum absolute atomic E-state index is 4.55. The molecule has 7 rings (SSSR count). The second kappa shape index (κ2) is 12.0. The third kappa shape index (κ3) is 5.18. The van der Waals surface area contributed by atoms with Gasteiger partial charge in [-0.1, -0.05) is 133 Å². The number of anilines is 1. The number of benzene rings is 6. The number of nitrogens with one attached hydrogen (secondary N) is 1. The Morgan fingerprint density at radius 2 is 1.07 bits per heavy atom. The van der Waals surface area contributed by atoms with Crippen molar-refractivity contribution in [2.75, 3.05) is 11.9 Å². The van der Waals surface area contributed by atoms with Crippen LogP contribution in [0.15, 0.2) is 158 Å². The predicted molar refractivity (Wildman–Crippen MR) is 182 cm³/mol. The lowest BCUT2D eigenvalue weighted by molar-refractivity contribution is 0.962. The average molecular weight is 559 g/mol. The van der Waals surface area contributed by atoms with Crippen LogP contribution in [0.5, 0.6) is 0 Å². The van der Waals surface area contributed by atoms with Gasteiger partial charge in [-0.05, 0) is 63.6 Å². The summed E-state index contributed by atoms with van der Waals surface area (Å²) in [5.41, 5.74) is 4.82. The number of pyridine rings is 1. The highest BCUT2D eigenvalue weighted by Gasteiger charge is 2.24. The Morgan fingerprint density at radius 1 is 0.500 bits per heavy atom. The molecule has 0 fully saturated rings. The van der Waals surface area contributed by atoms with Crippen LogP contribution in [0.25, 0.3) is 32.7 Å². The average Bonchev–Trinajstić information content (AvgIpc) is 3.06. The molecule has 0 saturated carbocycles. The van der Waals surface area contributed by atoms with Crippen molar-refractivity contribution in [3.05, 3.63) is 164 Å². The van der Waals surface area contributed by atoms with Gasteiger partial charge in [-0.15, -0.1) is 0 Å². The summed E-state index contributed by atoms with van der Waals surface area (Å²) in [5, 5.41) is 12.9. The summed E-state index contributed by atoms with van der Waals surface area (Å²) >= 11 is 0. The lowest BCUT2D eigenvalue weighted by Gasteiger charge is -2.26. The summed E-state index contributed by atoms with van der Waals surface area (Å²) < 4.78 is 0. The molecule has 0 saturated heterocycles. The van der Waals surface area contributed by atoms with Crippen molar-refractivity contribution in [2.24, 2.45) is 0 Å².